The molecule has 0 N–H and O–H groups in total. The molecule has 0 fully saturated rings. The summed E-state index contributed by atoms with van der Waals surface area (Å²) >= 11 is 0. The van der Waals surface area contributed by atoms with Gasteiger partial charge in [0.05, 0.1) is 26.4 Å². The number of hydrogen-bond acceptors (Lipinski definition) is 7. The number of carbonyl (C=O) groups excluding carboxylic acids is 2. The highest BCUT2D eigenvalue weighted by Crippen LogP contribution is 1.93. The zero-order chi connectivity index (χ0) is 15.8. The maximum absolute atomic E-state index is 11.0. The lowest BCUT2D eigenvalue weighted by Gasteiger charge is -2.07. The quantitative estimate of drug-likeness (QED) is 0.405. The van der Waals surface area contributed by atoms with Gasteiger partial charge in [0.15, 0.2) is 0 Å². The molecular weight excluding hydrogens is 280 g/mol. The molecule has 7 heteroatoms. The summed E-state index contributed by atoms with van der Waals surface area (Å²) in [5.74, 6) is 0. The lowest BCUT2D eigenvalue weighted by Crippen LogP contribution is -2.16. The van der Waals surface area contributed by atoms with Gasteiger partial charge in [-0.25, -0.2) is 9.59 Å². The third-order valence-electron chi connectivity index (χ3n) is 2.33. The van der Waals surface area contributed by atoms with Crippen LogP contribution >= 0.6 is 0 Å². The molecule has 0 aromatic rings. The van der Waals surface area contributed by atoms with Crippen molar-refractivity contribution in [3.05, 3.63) is 0 Å². The van der Waals surface area contributed by atoms with Crippen molar-refractivity contribution in [3.8, 4) is 0 Å². The minimum Gasteiger partial charge on any atom is -0.434 e. The Bertz CT molecular complexity index is 242. The molecule has 0 rings (SSSR count). The molecule has 0 amide bonds. The van der Waals surface area contributed by atoms with Crippen LogP contribution in [0.4, 0.5) is 9.59 Å². The van der Waals surface area contributed by atoms with Crippen LogP contribution in [0.3, 0.4) is 0 Å². The molecule has 0 radical (unpaired) electrons. The van der Waals surface area contributed by atoms with Crippen LogP contribution in [-0.4, -0.2) is 52.0 Å². The van der Waals surface area contributed by atoms with Crippen molar-refractivity contribution >= 4 is 12.3 Å². The van der Waals surface area contributed by atoms with Crippen molar-refractivity contribution in [2.24, 2.45) is 0 Å². The SMILES string of the molecule is CCCCOC(=O)OCCOCCOC(=O)OCCCC. The fraction of sp³-hybridized carbons (Fsp3) is 0.857. The Balaban J connectivity index is 3.24. The first kappa shape index (κ1) is 19.5. The fourth-order valence-electron chi connectivity index (χ4n) is 1.15. The predicted octanol–water partition coefficient (Wildman–Crippen LogP) is 2.91. The van der Waals surface area contributed by atoms with Gasteiger partial charge in [-0.2, -0.15) is 0 Å². The van der Waals surface area contributed by atoms with E-state index in [-0.39, 0.29) is 26.4 Å². The molecule has 21 heavy (non-hydrogen) atoms. The Hall–Kier alpha value is -1.50. The molecule has 124 valence electrons. The molecule has 0 spiro atoms. The Morgan fingerprint density at radius 1 is 0.619 bits per heavy atom. The van der Waals surface area contributed by atoms with Crippen LogP contribution in [0.2, 0.25) is 0 Å². The summed E-state index contributed by atoms with van der Waals surface area (Å²) in [7, 11) is 0. The summed E-state index contributed by atoms with van der Waals surface area (Å²) in [6, 6.07) is 0. The largest absolute Gasteiger partial charge is 0.508 e. The Kier molecular flexibility index (Phi) is 13.8. The van der Waals surface area contributed by atoms with Crippen molar-refractivity contribution in [1.29, 1.82) is 0 Å². The molecule has 0 saturated heterocycles. The van der Waals surface area contributed by atoms with E-state index < -0.39 is 12.3 Å². The normalized spacial score (nSPS) is 10.0. The van der Waals surface area contributed by atoms with Crippen molar-refractivity contribution in [2.45, 2.75) is 39.5 Å². The lowest BCUT2D eigenvalue weighted by atomic mass is 10.4. The molecule has 0 aromatic heterocycles. The number of carbonyl (C=O) groups is 2. The zero-order valence-corrected chi connectivity index (χ0v) is 12.9. The Labute approximate surface area is 125 Å². The third kappa shape index (κ3) is 14.7. The summed E-state index contributed by atoms with van der Waals surface area (Å²) in [5.41, 5.74) is 0. The second-order valence-electron chi connectivity index (χ2n) is 4.21. The highest BCUT2D eigenvalue weighted by Gasteiger charge is 2.04. The monoisotopic (exact) mass is 306 g/mol. The van der Waals surface area contributed by atoms with E-state index in [1.54, 1.807) is 0 Å². The van der Waals surface area contributed by atoms with E-state index in [1.807, 2.05) is 13.8 Å². The maximum Gasteiger partial charge on any atom is 0.508 e. The number of hydrogen-bond donors (Lipinski definition) is 0. The molecule has 7 nitrogen and oxygen atoms in total. The second-order valence-corrected chi connectivity index (χ2v) is 4.21. The number of unbranched alkanes of at least 4 members (excludes halogenated alkanes) is 2. The molecule has 0 aliphatic heterocycles. The van der Waals surface area contributed by atoms with E-state index in [4.69, 9.17) is 23.7 Å². The summed E-state index contributed by atoms with van der Waals surface area (Å²) in [5, 5.41) is 0. The molecule has 0 aliphatic carbocycles. The molecule has 0 heterocycles. The van der Waals surface area contributed by atoms with Crippen LogP contribution in [0.1, 0.15) is 39.5 Å². The molecule has 0 unspecified atom stereocenters. The summed E-state index contributed by atoms with van der Waals surface area (Å²) in [6.45, 7) is 5.38. The van der Waals surface area contributed by atoms with Gasteiger partial charge in [0.2, 0.25) is 0 Å². The van der Waals surface area contributed by atoms with Crippen molar-refractivity contribution in [1.82, 2.24) is 0 Å². The van der Waals surface area contributed by atoms with Crippen LogP contribution in [0, 0.1) is 0 Å². The van der Waals surface area contributed by atoms with Gasteiger partial charge in [-0.05, 0) is 12.8 Å². The Morgan fingerprint density at radius 2 is 1.00 bits per heavy atom. The lowest BCUT2D eigenvalue weighted by molar-refractivity contribution is 0.00584. The predicted molar refractivity (Wildman–Crippen MR) is 75.2 cm³/mol. The van der Waals surface area contributed by atoms with Gasteiger partial charge in [0.1, 0.15) is 13.2 Å². The van der Waals surface area contributed by atoms with E-state index >= 15 is 0 Å². The van der Waals surface area contributed by atoms with Crippen LogP contribution in [0.5, 0.6) is 0 Å². The topological polar surface area (TPSA) is 80.3 Å². The number of ether oxygens (including phenoxy) is 5. The highest BCUT2D eigenvalue weighted by molar-refractivity contribution is 5.60. The van der Waals surface area contributed by atoms with Gasteiger partial charge in [-0.3, -0.25) is 0 Å². The van der Waals surface area contributed by atoms with Crippen LogP contribution < -0.4 is 0 Å². The van der Waals surface area contributed by atoms with Crippen molar-refractivity contribution in [3.63, 3.8) is 0 Å². The average molecular weight is 306 g/mol. The van der Waals surface area contributed by atoms with E-state index in [1.165, 1.54) is 0 Å². The van der Waals surface area contributed by atoms with Gasteiger partial charge >= 0.3 is 12.3 Å². The first-order valence-electron chi connectivity index (χ1n) is 7.37. The third-order valence-corrected chi connectivity index (χ3v) is 2.33. The molecule has 0 saturated carbocycles. The first-order valence-corrected chi connectivity index (χ1v) is 7.37. The van der Waals surface area contributed by atoms with Crippen molar-refractivity contribution in [2.75, 3.05) is 39.6 Å². The van der Waals surface area contributed by atoms with E-state index in [0.29, 0.717) is 13.2 Å². The zero-order valence-electron chi connectivity index (χ0n) is 12.9. The van der Waals surface area contributed by atoms with Crippen LogP contribution in [-0.2, 0) is 23.7 Å². The standard InChI is InChI=1S/C14H26O7/c1-3-5-7-18-13(15)20-11-9-17-10-12-21-14(16)19-8-6-4-2/h3-12H2,1-2H3. The van der Waals surface area contributed by atoms with Crippen LogP contribution in [0.15, 0.2) is 0 Å². The smallest absolute Gasteiger partial charge is 0.434 e. The minimum atomic E-state index is -0.692. The number of rotatable bonds is 12. The van der Waals surface area contributed by atoms with Gasteiger partial charge in [0.25, 0.3) is 0 Å². The summed E-state index contributed by atoms with van der Waals surface area (Å²) in [4.78, 5) is 22.1. The first-order chi connectivity index (χ1) is 10.2. The van der Waals surface area contributed by atoms with E-state index in [0.717, 1.165) is 25.7 Å². The molecule has 0 aromatic carbocycles. The van der Waals surface area contributed by atoms with E-state index in [9.17, 15) is 9.59 Å². The molecule has 0 aliphatic rings. The molecule has 0 bridgehead atoms. The van der Waals surface area contributed by atoms with Crippen molar-refractivity contribution < 1.29 is 33.3 Å². The maximum atomic E-state index is 11.0. The van der Waals surface area contributed by atoms with Gasteiger partial charge in [-0.1, -0.05) is 26.7 Å². The molecule has 0 atom stereocenters. The van der Waals surface area contributed by atoms with Gasteiger partial charge < -0.3 is 23.7 Å². The second kappa shape index (κ2) is 14.9. The summed E-state index contributed by atoms with van der Waals surface area (Å²) < 4.78 is 24.2. The van der Waals surface area contributed by atoms with Gasteiger partial charge in [-0.15, -0.1) is 0 Å². The fourth-order valence-corrected chi connectivity index (χ4v) is 1.15. The van der Waals surface area contributed by atoms with E-state index in [2.05, 4.69) is 0 Å². The average Bonchev–Trinajstić information content (AvgIpc) is 2.47. The Morgan fingerprint density at radius 3 is 1.38 bits per heavy atom. The summed E-state index contributed by atoms with van der Waals surface area (Å²) in [6.07, 6.45) is 2.16. The minimum absolute atomic E-state index is 0.103. The van der Waals surface area contributed by atoms with Gasteiger partial charge in [0, 0.05) is 0 Å². The highest BCUT2D eigenvalue weighted by atomic mass is 16.7. The molecular formula is C14H26O7. The van der Waals surface area contributed by atoms with Crippen LogP contribution in [0.25, 0.3) is 0 Å².